The highest BCUT2D eigenvalue weighted by molar-refractivity contribution is 6.11. The zero-order valence-corrected chi connectivity index (χ0v) is 12.1. The molecule has 0 bridgehead atoms. The summed E-state index contributed by atoms with van der Waals surface area (Å²) in [6, 6.07) is 12.0. The van der Waals surface area contributed by atoms with Gasteiger partial charge in [-0.1, -0.05) is 30.3 Å². The van der Waals surface area contributed by atoms with Crippen molar-refractivity contribution in [2.75, 3.05) is 25.6 Å². The molecule has 0 saturated carbocycles. The molecule has 5 nitrogen and oxygen atoms in total. The van der Waals surface area contributed by atoms with Crippen molar-refractivity contribution < 1.29 is 9.53 Å². The van der Waals surface area contributed by atoms with Gasteiger partial charge >= 0.3 is 0 Å². The molecule has 1 aromatic carbocycles. The zero-order valence-electron chi connectivity index (χ0n) is 12.1. The molecule has 1 aromatic heterocycles. The maximum atomic E-state index is 12.6. The Morgan fingerprint density at radius 1 is 1.19 bits per heavy atom. The number of hydrogen-bond donors (Lipinski definition) is 1. The van der Waals surface area contributed by atoms with E-state index < -0.39 is 0 Å². The number of ether oxygens (including phenoxy) is 1. The van der Waals surface area contributed by atoms with E-state index in [4.69, 9.17) is 4.74 Å². The molecular weight excluding hydrogens is 268 g/mol. The Kier molecular flexibility index (Phi) is 4.90. The first-order valence-electron chi connectivity index (χ1n) is 6.67. The number of benzene rings is 1. The van der Waals surface area contributed by atoms with Gasteiger partial charge in [-0.25, -0.2) is 0 Å². The minimum Gasteiger partial charge on any atom is -0.383 e. The molecule has 2 rings (SSSR count). The minimum atomic E-state index is -0.167. The van der Waals surface area contributed by atoms with Gasteiger partial charge in [0, 0.05) is 32.3 Å². The zero-order chi connectivity index (χ0) is 15.2. The molecule has 0 fully saturated rings. The summed E-state index contributed by atoms with van der Waals surface area (Å²) in [7, 11) is 3.24. The Labute approximate surface area is 123 Å². The first-order valence-corrected chi connectivity index (χ1v) is 6.67. The van der Waals surface area contributed by atoms with Crippen LogP contribution in [0.25, 0.3) is 0 Å². The van der Waals surface area contributed by atoms with Gasteiger partial charge in [0.2, 0.25) is 0 Å². The van der Waals surface area contributed by atoms with E-state index in [2.05, 4.69) is 5.32 Å². The van der Waals surface area contributed by atoms with Crippen molar-refractivity contribution in [2.24, 2.45) is 7.05 Å². The van der Waals surface area contributed by atoms with Gasteiger partial charge in [0.15, 0.2) is 5.78 Å². The second kappa shape index (κ2) is 6.85. The van der Waals surface area contributed by atoms with Crippen molar-refractivity contribution in [1.29, 1.82) is 0 Å². The average Bonchev–Trinajstić information content (AvgIpc) is 2.52. The number of ketones is 1. The third-order valence-corrected chi connectivity index (χ3v) is 3.19. The molecule has 1 heterocycles. The summed E-state index contributed by atoms with van der Waals surface area (Å²) in [6.45, 7) is 1.00. The number of aromatic nitrogens is 1. The van der Waals surface area contributed by atoms with Crippen molar-refractivity contribution in [3.8, 4) is 0 Å². The molecular formula is C16H18N2O3. The number of nitrogens with one attached hydrogen (secondary N) is 1. The number of rotatable bonds is 6. The fourth-order valence-corrected chi connectivity index (χ4v) is 2.05. The van der Waals surface area contributed by atoms with Crippen molar-refractivity contribution in [1.82, 2.24) is 4.57 Å². The first-order chi connectivity index (χ1) is 10.1. The highest BCUT2D eigenvalue weighted by atomic mass is 16.5. The van der Waals surface area contributed by atoms with Crippen molar-refractivity contribution >= 4 is 11.6 Å². The van der Waals surface area contributed by atoms with Crippen LogP contribution in [-0.4, -0.2) is 30.6 Å². The van der Waals surface area contributed by atoms with E-state index in [0.29, 0.717) is 30.1 Å². The van der Waals surface area contributed by atoms with Gasteiger partial charge in [0.25, 0.3) is 5.56 Å². The lowest BCUT2D eigenvalue weighted by atomic mass is 10.0. The van der Waals surface area contributed by atoms with Crippen LogP contribution in [0.4, 0.5) is 5.82 Å². The maximum Gasteiger partial charge on any atom is 0.251 e. The average molecular weight is 286 g/mol. The van der Waals surface area contributed by atoms with Crippen molar-refractivity contribution in [3.05, 3.63) is 63.9 Å². The van der Waals surface area contributed by atoms with Crippen LogP contribution in [0.1, 0.15) is 15.9 Å². The van der Waals surface area contributed by atoms with Gasteiger partial charge in [-0.2, -0.15) is 0 Å². The number of nitrogens with zero attached hydrogens (tertiary/aromatic N) is 1. The summed E-state index contributed by atoms with van der Waals surface area (Å²) in [4.78, 5) is 24.3. The Morgan fingerprint density at radius 3 is 2.57 bits per heavy atom. The molecule has 110 valence electrons. The first kappa shape index (κ1) is 15.0. The van der Waals surface area contributed by atoms with Crippen LogP contribution < -0.4 is 10.9 Å². The molecule has 0 aliphatic heterocycles. The summed E-state index contributed by atoms with van der Waals surface area (Å²) in [5, 5.41) is 3.09. The largest absolute Gasteiger partial charge is 0.383 e. The van der Waals surface area contributed by atoms with Crippen molar-refractivity contribution in [3.63, 3.8) is 0 Å². The lowest BCUT2D eigenvalue weighted by molar-refractivity contribution is 0.103. The molecule has 5 heteroatoms. The Balaban J connectivity index is 2.41. The van der Waals surface area contributed by atoms with E-state index in [1.54, 1.807) is 32.4 Å². The van der Waals surface area contributed by atoms with Crippen LogP contribution in [0.2, 0.25) is 0 Å². The number of methoxy groups -OCH3 is 1. The van der Waals surface area contributed by atoms with Gasteiger partial charge in [0.1, 0.15) is 5.82 Å². The SMILES string of the molecule is COCCNc1c(C(=O)c2ccccc2)ccc(=O)n1C. The lowest BCUT2D eigenvalue weighted by Gasteiger charge is -2.15. The summed E-state index contributed by atoms with van der Waals surface area (Å²) >= 11 is 0. The van der Waals surface area contributed by atoms with Gasteiger partial charge in [0.05, 0.1) is 12.2 Å². The van der Waals surface area contributed by atoms with E-state index >= 15 is 0 Å². The molecule has 2 aromatic rings. The van der Waals surface area contributed by atoms with Crippen LogP contribution >= 0.6 is 0 Å². The lowest BCUT2D eigenvalue weighted by Crippen LogP contribution is -2.24. The van der Waals surface area contributed by atoms with Crippen LogP contribution in [0, 0.1) is 0 Å². The Hall–Kier alpha value is -2.40. The monoisotopic (exact) mass is 286 g/mol. The van der Waals surface area contributed by atoms with Crippen LogP contribution in [-0.2, 0) is 11.8 Å². The highest BCUT2D eigenvalue weighted by Gasteiger charge is 2.16. The molecule has 0 aliphatic rings. The smallest absolute Gasteiger partial charge is 0.251 e. The molecule has 0 aliphatic carbocycles. The van der Waals surface area contributed by atoms with E-state index in [-0.39, 0.29) is 11.3 Å². The predicted octanol–water partition coefficient (Wildman–Crippen LogP) is 1.67. The molecule has 0 unspecified atom stereocenters. The predicted molar refractivity (Wildman–Crippen MR) is 81.9 cm³/mol. The quantitative estimate of drug-likeness (QED) is 0.648. The van der Waals surface area contributed by atoms with Gasteiger partial charge < -0.3 is 10.1 Å². The van der Waals surface area contributed by atoms with E-state index in [1.807, 2.05) is 18.2 Å². The van der Waals surface area contributed by atoms with Crippen LogP contribution in [0.5, 0.6) is 0 Å². The van der Waals surface area contributed by atoms with E-state index in [9.17, 15) is 9.59 Å². The number of carbonyl (C=O) groups is 1. The van der Waals surface area contributed by atoms with E-state index in [1.165, 1.54) is 10.6 Å². The Bertz CT molecular complexity index is 678. The fraction of sp³-hybridized carbons (Fsp3) is 0.250. The molecule has 0 atom stereocenters. The minimum absolute atomic E-state index is 0.119. The standard InChI is InChI=1S/C16H18N2O3/c1-18-14(19)9-8-13(16(18)17-10-11-21-2)15(20)12-6-4-3-5-7-12/h3-9,17H,10-11H2,1-2H3. The fourth-order valence-electron chi connectivity index (χ4n) is 2.05. The third-order valence-electron chi connectivity index (χ3n) is 3.19. The normalized spacial score (nSPS) is 10.4. The second-order valence-electron chi connectivity index (χ2n) is 4.61. The molecule has 21 heavy (non-hydrogen) atoms. The molecule has 0 amide bonds. The second-order valence-corrected chi connectivity index (χ2v) is 4.61. The van der Waals surface area contributed by atoms with Gasteiger partial charge in [-0.3, -0.25) is 14.2 Å². The summed E-state index contributed by atoms with van der Waals surface area (Å²) < 4.78 is 6.42. The number of anilines is 1. The third kappa shape index (κ3) is 3.38. The van der Waals surface area contributed by atoms with Crippen molar-refractivity contribution in [2.45, 2.75) is 0 Å². The molecule has 1 N–H and O–H groups in total. The van der Waals surface area contributed by atoms with Crippen LogP contribution in [0.3, 0.4) is 0 Å². The Morgan fingerprint density at radius 2 is 1.90 bits per heavy atom. The summed E-state index contributed by atoms with van der Waals surface area (Å²) in [5.74, 6) is 0.388. The number of pyridine rings is 1. The van der Waals surface area contributed by atoms with Gasteiger partial charge in [-0.05, 0) is 6.07 Å². The highest BCUT2D eigenvalue weighted by Crippen LogP contribution is 2.17. The molecule has 0 radical (unpaired) electrons. The molecule has 0 saturated heterocycles. The van der Waals surface area contributed by atoms with Crippen LogP contribution in [0.15, 0.2) is 47.3 Å². The maximum absolute atomic E-state index is 12.6. The summed E-state index contributed by atoms with van der Waals surface area (Å²) in [6.07, 6.45) is 0. The topological polar surface area (TPSA) is 60.3 Å². The number of hydrogen-bond acceptors (Lipinski definition) is 4. The number of carbonyl (C=O) groups excluding carboxylic acids is 1. The van der Waals surface area contributed by atoms with Gasteiger partial charge in [-0.15, -0.1) is 0 Å². The summed E-state index contributed by atoms with van der Waals surface area (Å²) in [5.41, 5.74) is 0.893. The molecule has 0 spiro atoms. The van der Waals surface area contributed by atoms with E-state index in [0.717, 1.165) is 0 Å².